The number of anilines is 3. The predicted molar refractivity (Wildman–Crippen MR) is 95.0 cm³/mol. The van der Waals surface area contributed by atoms with Gasteiger partial charge in [-0.05, 0) is 30.7 Å². The molecule has 24 heavy (non-hydrogen) atoms. The normalized spacial score (nSPS) is 10.0. The molecule has 0 aliphatic carbocycles. The quantitative estimate of drug-likeness (QED) is 0.744. The van der Waals surface area contributed by atoms with Crippen LogP contribution in [0.3, 0.4) is 0 Å². The average molecular weight is 315 g/mol. The lowest BCUT2D eigenvalue weighted by atomic mass is 10.1. The Hall–Kier alpha value is -3.39. The number of aryl methyl sites for hydroxylation is 1. The number of hydrogen-bond acceptors (Lipinski definition) is 5. The molecule has 0 amide bonds. The minimum absolute atomic E-state index is 0.537. The van der Waals surface area contributed by atoms with E-state index in [1.165, 1.54) is 5.56 Å². The molecule has 0 atom stereocenters. The number of rotatable bonds is 5. The lowest BCUT2D eigenvalue weighted by molar-refractivity contribution is 1.05. The molecule has 5 heteroatoms. The second kappa shape index (κ2) is 7.25. The van der Waals surface area contributed by atoms with E-state index in [0.717, 1.165) is 11.3 Å². The Balaban J connectivity index is 1.70. The van der Waals surface area contributed by atoms with E-state index in [1.54, 1.807) is 18.3 Å². The van der Waals surface area contributed by atoms with Crippen LogP contribution in [0.25, 0.3) is 0 Å². The van der Waals surface area contributed by atoms with Crippen LogP contribution in [0.1, 0.15) is 16.7 Å². The molecule has 3 rings (SSSR count). The number of para-hydroxylation sites is 1. The van der Waals surface area contributed by atoms with Crippen molar-refractivity contribution >= 4 is 17.5 Å². The van der Waals surface area contributed by atoms with Gasteiger partial charge in [0, 0.05) is 12.7 Å². The zero-order valence-corrected chi connectivity index (χ0v) is 13.3. The molecule has 0 unspecified atom stereocenters. The van der Waals surface area contributed by atoms with Gasteiger partial charge >= 0.3 is 0 Å². The molecule has 5 nitrogen and oxygen atoms in total. The van der Waals surface area contributed by atoms with Gasteiger partial charge in [-0.2, -0.15) is 10.2 Å². The molecule has 1 heterocycles. The van der Waals surface area contributed by atoms with Crippen LogP contribution in [-0.2, 0) is 6.54 Å². The van der Waals surface area contributed by atoms with Gasteiger partial charge in [-0.25, -0.2) is 4.98 Å². The summed E-state index contributed by atoms with van der Waals surface area (Å²) < 4.78 is 0. The van der Waals surface area contributed by atoms with E-state index in [9.17, 15) is 0 Å². The van der Waals surface area contributed by atoms with Crippen molar-refractivity contribution in [2.24, 2.45) is 0 Å². The van der Waals surface area contributed by atoms with Gasteiger partial charge in [0.15, 0.2) is 0 Å². The Morgan fingerprint density at radius 3 is 2.62 bits per heavy atom. The van der Waals surface area contributed by atoms with Crippen LogP contribution in [0.2, 0.25) is 0 Å². The standard InChI is InChI=1S/C19H17N5/c1-14-6-8-15(9-7-14)13-22-19-21-11-10-18(24-19)23-17-5-3-2-4-16(17)12-20/h2-11H,13H2,1H3,(H2,21,22,23,24). The SMILES string of the molecule is Cc1ccc(CNc2nccc(Nc3ccccc3C#N)n2)cc1. The maximum absolute atomic E-state index is 9.15. The summed E-state index contributed by atoms with van der Waals surface area (Å²) in [6.07, 6.45) is 1.68. The Bertz CT molecular complexity index is 865. The largest absolute Gasteiger partial charge is 0.350 e. The third kappa shape index (κ3) is 3.87. The van der Waals surface area contributed by atoms with Crippen LogP contribution < -0.4 is 10.6 Å². The van der Waals surface area contributed by atoms with Crippen molar-refractivity contribution in [2.75, 3.05) is 10.6 Å². The van der Waals surface area contributed by atoms with E-state index in [4.69, 9.17) is 5.26 Å². The molecule has 0 saturated heterocycles. The molecule has 0 radical (unpaired) electrons. The first kappa shape index (κ1) is 15.5. The summed E-state index contributed by atoms with van der Waals surface area (Å²) >= 11 is 0. The Labute approximate surface area is 141 Å². The monoisotopic (exact) mass is 315 g/mol. The fraction of sp³-hybridized carbons (Fsp3) is 0.105. The van der Waals surface area contributed by atoms with E-state index in [0.29, 0.717) is 23.9 Å². The molecule has 0 aliphatic heterocycles. The molecule has 0 bridgehead atoms. The number of nitriles is 1. The van der Waals surface area contributed by atoms with Gasteiger partial charge in [0.1, 0.15) is 11.9 Å². The molecule has 0 aliphatic rings. The molecule has 3 aromatic rings. The fourth-order valence-electron chi connectivity index (χ4n) is 2.23. The number of benzene rings is 2. The van der Waals surface area contributed by atoms with Crippen LogP contribution in [-0.4, -0.2) is 9.97 Å². The third-order valence-corrected chi connectivity index (χ3v) is 3.54. The van der Waals surface area contributed by atoms with E-state index in [2.05, 4.69) is 57.9 Å². The lowest BCUT2D eigenvalue weighted by Crippen LogP contribution is -2.05. The number of nitrogens with zero attached hydrogens (tertiary/aromatic N) is 3. The van der Waals surface area contributed by atoms with E-state index in [-0.39, 0.29) is 0 Å². The van der Waals surface area contributed by atoms with Gasteiger partial charge in [0.25, 0.3) is 0 Å². The van der Waals surface area contributed by atoms with E-state index < -0.39 is 0 Å². The number of aromatic nitrogens is 2. The maximum atomic E-state index is 9.15. The van der Waals surface area contributed by atoms with Crippen molar-refractivity contribution in [1.29, 1.82) is 5.26 Å². The van der Waals surface area contributed by atoms with Gasteiger partial charge in [-0.1, -0.05) is 42.0 Å². The molecule has 0 fully saturated rings. The van der Waals surface area contributed by atoms with Crippen molar-refractivity contribution in [3.8, 4) is 6.07 Å². The summed E-state index contributed by atoms with van der Waals surface area (Å²) in [6.45, 7) is 2.72. The number of hydrogen-bond donors (Lipinski definition) is 2. The molecule has 0 spiro atoms. The van der Waals surface area contributed by atoms with Crippen LogP contribution in [0.15, 0.2) is 60.8 Å². The summed E-state index contributed by atoms with van der Waals surface area (Å²) in [7, 11) is 0. The maximum Gasteiger partial charge on any atom is 0.224 e. The molecular weight excluding hydrogens is 298 g/mol. The molecule has 2 N–H and O–H groups in total. The van der Waals surface area contributed by atoms with E-state index >= 15 is 0 Å². The lowest BCUT2D eigenvalue weighted by Gasteiger charge is -2.09. The Morgan fingerprint density at radius 2 is 1.83 bits per heavy atom. The van der Waals surface area contributed by atoms with Crippen LogP contribution in [0.5, 0.6) is 0 Å². The van der Waals surface area contributed by atoms with Crippen LogP contribution >= 0.6 is 0 Å². The summed E-state index contributed by atoms with van der Waals surface area (Å²) in [6, 6.07) is 19.6. The number of nitrogens with one attached hydrogen (secondary N) is 2. The minimum Gasteiger partial charge on any atom is -0.350 e. The van der Waals surface area contributed by atoms with Crippen molar-refractivity contribution in [1.82, 2.24) is 9.97 Å². The molecule has 0 saturated carbocycles. The second-order valence-electron chi connectivity index (χ2n) is 5.39. The second-order valence-corrected chi connectivity index (χ2v) is 5.39. The molecule has 1 aromatic heterocycles. The van der Waals surface area contributed by atoms with Crippen LogP contribution in [0.4, 0.5) is 17.5 Å². The van der Waals surface area contributed by atoms with Gasteiger partial charge in [-0.3, -0.25) is 0 Å². The van der Waals surface area contributed by atoms with Crippen LogP contribution in [0, 0.1) is 18.3 Å². The first-order valence-electron chi connectivity index (χ1n) is 7.63. The van der Waals surface area contributed by atoms with Gasteiger partial charge < -0.3 is 10.6 Å². The highest BCUT2D eigenvalue weighted by atomic mass is 15.1. The zero-order valence-electron chi connectivity index (χ0n) is 13.3. The third-order valence-electron chi connectivity index (χ3n) is 3.54. The predicted octanol–water partition coefficient (Wildman–Crippen LogP) is 4.01. The Kier molecular flexibility index (Phi) is 4.68. The van der Waals surface area contributed by atoms with Gasteiger partial charge in [-0.15, -0.1) is 0 Å². The molecular formula is C19H17N5. The van der Waals surface area contributed by atoms with Gasteiger partial charge in [0.2, 0.25) is 5.95 Å². The summed E-state index contributed by atoms with van der Waals surface area (Å²) in [5.74, 6) is 1.18. The highest BCUT2D eigenvalue weighted by molar-refractivity contribution is 5.64. The van der Waals surface area contributed by atoms with Gasteiger partial charge in [0.05, 0.1) is 11.3 Å². The summed E-state index contributed by atoms with van der Waals surface area (Å²) in [5.41, 5.74) is 3.70. The van der Waals surface area contributed by atoms with Crippen molar-refractivity contribution < 1.29 is 0 Å². The van der Waals surface area contributed by atoms with Crippen molar-refractivity contribution in [3.05, 3.63) is 77.5 Å². The zero-order chi connectivity index (χ0) is 16.8. The summed E-state index contributed by atoms with van der Waals surface area (Å²) in [5, 5.41) is 15.5. The minimum atomic E-state index is 0.537. The molecule has 2 aromatic carbocycles. The van der Waals surface area contributed by atoms with Crippen molar-refractivity contribution in [2.45, 2.75) is 13.5 Å². The van der Waals surface area contributed by atoms with E-state index in [1.807, 2.05) is 18.2 Å². The highest BCUT2D eigenvalue weighted by Crippen LogP contribution is 2.19. The first-order chi connectivity index (χ1) is 11.7. The first-order valence-corrected chi connectivity index (χ1v) is 7.63. The summed E-state index contributed by atoms with van der Waals surface area (Å²) in [4.78, 5) is 8.66. The Morgan fingerprint density at radius 1 is 1.04 bits per heavy atom. The molecule has 118 valence electrons. The van der Waals surface area contributed by atoms with Crippen molar-refractivity contribution in [3.63, 3.8) is 0 Å². The smallest absolute Gasteiger partial charge is 0.224 e. The highest BCUT2D eigenvalue weighted by Gasteiger charge is 2.04. The average Bonchev–Trinajstić information content (AvgIpc) is 2.62. The topological polar surface area (TPSA) is 73.6 Å². The fourth-order valence-corrected chi connectivity index (χ4v) is 2.23.